The van der Waals surface area contributed by atoms with Crippen LogP contribution < -0.4 is 4.74 Å². The molecule has 2 rings (SSSR count). The molecule has 0 aliphatic rings. The van der Waals surface area contributed by atoms with E-state index < -0.39 is 0 Å². The first-order chi connectivity index (χ1) is 10.5. The van der Waals surface area contributed by atoms with Gasteiger partial charge in [-0.1, -0.05) is 25.1 Å². The Morgan fingerprint density at radius 3 is 2.36 bits per heavy atom. The van der Waals surface area contributed by atoms with E-state index in [0.29, 0.717) is 12.2 Å². The quantitative estimate of drug-likeness (QED) is 0.665. The van der Waals surface area contributed by atoms with Crippen molar-refractivity contribution in [2.45, 2.75) is 40.2 Å². The van der Waals surface area contributed by atoms with Gasteiger partial charge >= 0.3 is 5.97 Å². The molecular formula is C19H22O3. The minimum Gasteiger partial charge on any atom is -0.426 e. The van der Waals surface area contributed by atoms with Gasteiger partial charge in [0.25, 0.3) is 0 Å². The van der Waals surface area contributed by atoms with Crippen molar-refractivity contribution in [3.05, 3.63) is 53.1 Å². The topological polar surface area (TPSA) is 46.5 Å². The third-order valence-corrected chi connectivity index (χ3v) is 3.57. The van der Waals surface area contributed by atoms with Gasteiger partial charge in [0.1, 0.15) is 5.75 Å². The maximum absolute atomic E-state index is 11.7. The third kappa shape index (κ3) is 3.74. The highest BCUT2D eigenvalue weighted by atomic mass is 16.5. The van der Waals surface area contributed by atoms with Gasteiger partial charge in [0.2, 0.25) is 0 Å². The van der Waals surface area contributed by atoms with Crippen molar-refractivity contribution in [1.82, 2.24) is 0 Å². The van der Waals surface area contributed by atoms with E-state index in [1.807, 2.05) is 57.2 Å². The minimum absolute atomic E-state index is 0.0263. The van der Waals surface area contributed by atoms with E-state index in [1.165, 1.54) is 0 Å². The molecule has 0 radical (unpaired) electrons. The van der Waals surface area contributed by atoms with Gasteiger partial charge in [-0.15, -0.1) is 0 Å². The molecule has 116 valence electrons. The summed E-state index contributed by atoms with van der Waals surface area (Å²) >= 11 is 0. The summed E-state index contributed by atoms with van der Waals surface area (Å²) in [6.07, 6.45) is 1.21. The van der Waals surface area contributed by atoms with Crippen molar-refractivity contribution in [2.75, 3.05) is 0 Å². The lowest BCUT2D eigenvalue weighted by molar-refractivity contribution is -0.134. The molecule has 3 nitrogen and oxygen atoms in total. The Hall–Kier alpha value is -2.13. The highest BCUT2D eigenvalue weighted by Crippen LogP contribution is 2.31. The van der Waals surface area contributed by atoms with Crippen LogP contribution in [0.5, 0.6) is 5.75 Å². The zero-order valence-electron chi connectivity index (χ0n) is 13.3. The number of carbonyl (C=O) groups is 1. The summed E-state index contributed by atoms with van der Waals surface area (Å²) in [7, 11) is 0. The second kappa shape index (κ2) is 7.23. The summed E-state index contributed by atoms with van der Waals surface area (Å²) < 4.78 is 5.47. The molecule has 22 heavy (non-hydrogen) atoms. The first-order valence-electron chi connectivity index (χ1n) is 7.57. The lowest BCUT2D eigenvalue weighted by Gasteiger charge is -2.13. The number of aliphatic hydroxyl groups excluding tert-OH is 1. The largest absolute Gasteiger partial charge is 0.426 e. The van der Waals surface area contributed by atoms with Crippen LogP contribution in [-0.2, 0) is 11.4 Å². The smallest absolute Gasteiger partial charge is 0.311 e. The lowest BCUT2D eigenvalue weighted by atomic mass is 9.98. The lowest BCUT2D eigenvalue weighted by Crippen LogP contribution is -2.09. The van der Waals surface area contributed by atoms with Crippen molar-refractivity contribution >= 4 is 5.97 Å². The van der Waals surface area contributed by atoms with Crippen LogP contribution in [0, 0.1) is 13.8 Å². The second-order valence-corrected chi connectivity index (χ2v) is 5.52. The van der Waals surface area contributed by atoms with Gasteiger partial charge in [-0.3, -0.25) is 4.79 Å². The van der Waals surface area contributed by atoms with Crippen LogP contribution in [0.25, 0.3) is 11.1 Å². The summed E-state index contributed by atoms with van der Waals surface area (Å²) in [4.78, 5) is 11.7. The van der Waals surface area contributed by atoms with Crippen LogP contribution in [-0.4, -0.2) is 11.1 Å². The predicted molar refractivity (Wildman–Crippen MR) is 87.8 cm³/mol. The number of esters is 1. The van der Waals surface area contributed by atoms with E-state index in [1.54, 1.807) is 0 Å². The standard InChI is InChI=1S/C19H22O3/c1-4-6-18(21)22-19-13(2)9-17(10-14(19)3)16-8-5-7-15(11-16)12-20/h5,7-11,20H,4,6,12H2,1-3H3. The average molecular weight is 298 g/mol. The molecule has 0 saturated heterocycles. The fraction of sp³-hybridized carbons (Fsp3) is 0.316. The van der Waals surface area contributed by atoms with Gasteiger partial charge in [0, 0.05) is 6.42 Å². The zero-order valence-corrected chi connectivity index (χ0v) is 13.3. The number of aliphatic hydroxyl groups is 1. The Labute approximate surface area is 131 Å². The maximum atomic E-state index is 11.7. The Kier molecular flexibility index (Phi) is 5.34. The summed E-state index contributed by atoms with van der Waals surface area (Å²) in [5.74, 6) is 0.462. The van der Waals surface area contributed by atoms with E-state index >= 15 is 0 Å². The Bertz CT molecular complexity index is 651. The minimum atomic E-state index is -0.191. The molecule has 0 unspecified atom stereocenters. The molecular weight excluding hydrogens is 276 g/mol. The normalized spacial score (nSPS) is 10.5. The fourth-order valence-electron chi connectivity index (χ4n) is 2.50. The average Bonchev–Trinajstić information content (AvgIpc) is 2.51. The number of rotatable bonds is 5. The molecule has 0 fully saturated rings. The number of carbonyl (C=O) groups excluding carboxylic acids is 1. The Balaban J connectivity index is 2.34. The number of benzene rings is 2. The fourth-order valence-corrected chi connectivity index (χ4v) is 2.50. The van der Waals surface area contributed by atoms with Gasteiger partial charge in [-0.2, -0.15) is 0 Å². The molecule has 1 N–H and O–H groups in total. The van der Waals surface area contributed by atoms with Crippen molar-refractivity contribution < 1.29 is 14.6 Å². The number of aryl methyl sites for hydroxylation is 2. The van der Waals surface area contributed by atoms with Crippen LogP contribution in [0.4, 0.5) is 0 Å². The van der Waals surface area contributed by atoms with E-state index in [9.17, 15) is 9.90 Å². The van der Waals surface area contributed by atoms with Crippen LogP contribution in [0.2, 0.25) is 0 Å². The molecule has 0 heterocycles. The molecule has 0 bridgehead atoms. The molecule has 0 amide bonds. The molecule has 0 saturated carbocycles. The Morgan fingerprint density at radius 2 is 1.77 bits per heavy atom. The third-order valence-electron chi connectivity index (χ3n) is 3.57. The van der Waals surface area contributed by atoms with Crippen LogP contribution in [0.1, 0.15) is 36.5 Å². The molecule has 0 spiro atoms. The number of hydrogen-bond donors (Lipinski definition) is 1. The highest BCUT2D eigenvalue weighted by molar-refractivity contribution is 5.75. The van der Waals surface area contributed by atoms with E-state index in [0.717, 1.165) is 34.2 Å². The molecule has 0 aliphatic heterocycles. The van der Waals surface area contributed by atoms with Crippen LogP contribution >= 0.6 is 0 Å². The van der Waals surface area contributed by atoms with Gasteiger partial charge in [-0.05, 0) is 66.3 Å². The second-order valence-electron chi connectivity index (χ2n) is 5.52. The van der Waals surface area contributed by atoms with Gasteiger partial charge in [0.05, 0.1) is 6.61 Å². The van der Waals surface area contributed by atoms with Crippen LogP contribution in [0.15, 0.2) is 36.4 Å². The monoisotopic (exact) mass is 298 g/mol. The summed E-state index contributed by atoms with van der Waals surface area (Å²) in [5.41, 5.74) is 4.86. The van der Waals surface area contributed by atoms with Crippen molar-refractivity contribution in [3.8, 4) is 16.9 Å². The molecule has 2 aromatic rings. The highest BCUT2D eigenvalue weighted by Gasteiger charge is 2.11. The maximum Gasteiger partial charge on any atom is 0.311 e. The van der Waals surface area contributed by atoms with E-state index in [2.05, 4.69) is 0 Å². The van der Waals surface area contributed by atoms with Crippen LogP contribution in [0.3, 0.4) is 0 Å². The number of hydrogen-bond acceptors (Lipinski definition) is 3. The molecule has 3 heteroatoms. The summed E-state index contributed by atoms with van der Waals surface area (Å²) in [6.45, 7) is 5.87. The summed E-state index contributed by atoms with van der Waals surface area (Å²) in [6, 6.07) is 11.8. The summed E-state index contributed by atoms with van der Waals surface area (Å²) in [5, 5.41) is 9.25. The van der Waals surface area contributed by atoms with E-state index in [4.69, 9.17) is 4.74 Å². The van der Waals surface area contributed by atoms with Crippen molar-refractivity contribution in [1.29, 1.82) is 0 Å². The first-order valence-corrected chi connectivity index (χ1v) is 7.57. The van der Waals surface area contributed by atoms with Gasteiger partial charge < -0.3 is 9.84 Å². The van der Waals surface area contributed by atoms with Gasteiger partial charge in [-0.25, -0.2) is 0 Å². The predicted octanol–water partition coefficient (Wildman–Crippen LogP) is 4.17. The zero-order chi connectivity index (χ0) is 16.1. The van der Waals surface area contributed by atoms with Gasteiger partial charge in [0.15, 0.2) is 0 Å². The molecule has 0 atom stereocenters. The Morgan fingerprint density at radius 1 is 1.09 bits per heavy atom. The molecule has 0 aliphatic carbocycles. The molecule has 0 aromatic heterocycles. The first kappa shape index (κ1) is 16.2. The SMILES string of the molecule is CCCC(=O)Oc1c(C)cc(-c2cccc(CO)c2)cc1C. The van der Waals surface area contributed by atoms with E-state index in [-0.39, 0.29) is 12.6 Å². The molecule has 2 aromatic carbocycles. The van der Waals surface area contributed by atoms with Crippen molar-refractivity contribution in [2.24, 2.45) is 0 Å². The number of ether oxygens (including phenoxy) is 1. The van der Waals surface area contributed by atoms with Crippen molar-refractivity contribution in [3.63, 3.8) is 0 Å².